The van der Waals surface area contributed by atoms with Gasteiger partial charge in [0.1, 0.15) is 4.91 Å². The number of anilines is 3. The zero-order chi connectivity index (χ0) is 34.1. The molecule has 5 rings (SSSR count). The Labute approximate surface area is 269 Å². The molecular formula is C31H26N6O8S2. The first-order valence-corrected chi connectivity index (χ1v) is 16.5. The van der Waals surface area contributed by atoms with Crippen molar-refractivity contribution in [2.24, 2.45) is 15.3 Å². The van der Waals surface area contributed by atoms with Crippen molar-refractivity contribution in [1.29, 1.82) is 0 Å². The predicted octanol–water partition coefficient (Wildman–Crippen LogP) is 5.69. The van der Waals surface area contributed by atoms with Crippen LogP contribution >= 0.6 is 0 Å². The summed E-state index contributed by atoms with van der Waals surface area (Å²) in [6, 6.07) is 19.2. The number of hydrogen-bond acceptors (Lipinski definition) is 11. The van der Waals surface area contributed by atoms with Crippen molar-refractivity contribution in [3.8, 4) is 0 Å². The van der Waals surface area contributed by atoms with Crippen LogP contribution in [-0.4, -0.2) is 43.3 Å². The van der Waals surface area contributed by atoms with Gasteiger partial charge in [-0.1, -0.05) is 6.07 Å². The summed E-state index contributed by atoms with van der Waals surface area (Å²) in [7, 11) is -9.27. The van der Waals surface area contributed by atoms with Crippen LogP contribution in [0, 0.1) is 13.8 Å². The number of fused-ring (bicyclic) bond motifs is 1. The van der Waals surface area contributed by atoms with Gasteiger partial charge in [-0.2, -0.15) is 32.2 Å². The average molecular weight is 675 g/mol. The summed E-state index contributed by atoms with van der Waals surface area (Å²) in [6.45, 7) is 3.31. The zero-order valence-electron chi connectivity index (χ0n) is 24.7. The Kier molecular flexibility index (Phi) is 8.86. The van der Waals surface area contributed by atoms with E-state index < -0.39 is 42.5 Å². The van der Waals surface area contributed by atoms with Crippen LogP contribution in [0.1, 0.15) is 37.4 Å². The van der Waals surface area contributed by atoms with Crippen LogP contribution in [0.2, 0.25) is 0 Å². The van der Waals surface area contributed by atoms with E-state index in [4.69, 9.17) is 5.73 Å². The third-order valence-corrected chi connectivity index (χ3v) is 8.67. The van der Waals surface area contributed by atoms with Gasteiger partial charge in [0.25, 0.3) is 26.1 Å². The number of amides is 1. The minimum Gasteiger partial charge on any atom is -0.399 e. The molecule has 1 aliphatic carbocycles. The second-order valence-electron chi connectivity index (χ2n) is 10.4. The van der Waals surface area contributed by atoms with Crippen molar-refractivity contribution >= 4 is 72.2 Å². The summed E-state index contributed by atoms with van der Waals surface area (Å²) in [4.78, 5) is 25.0. The molecule has 0 heterocycles. The maximum atomic E-state index is 13.4. The second kappa shape index (κ2) is 12.7. The number of carbonyl (C=O) groups excluding carboxylic acids is 2. The standard InChI is InChI=1S/C31H26N6O8S2/c1-17-12-23(34-35-27-11-8-24(13-18(27)2)46(40,41)42)7-10-26(17)36-37-29-28(47(43,44)45)16-20-15-22(6-9-25(20)30(29)38)33-31(39)19-4-3-5-21(32)14-19/h3-16,36H,32H2,1-2H3,(H,33,39)(H,40,41,42)(H,43,44,45)/b35-34?,37-29+. The number of azo groups is 1. The van der Waals surface area contributed by atoms with Crippen LogP contribution < -0.4 is 16.5 Å². The molecule has 0 bridgehead atoms. The normalized spacial score (nSPS) is 14.2. The lowest BCUT2D eigenvalue weighted by atomic mass is 9.94. The van der Waals surface area contributed by atoms with E-state index in [0.29, 0.717) is 39.4 Å². The van der Waals surface area contributed by atoms with Gasteiger partial charge in [-0.3, -0.25) is 24.1 Å². The van der Waals surface area contributed by atoms with Crippen LogP contribution in [0.15, 0.2) is 104 Å². The molecule has 47 heavy (non-hydrogen) atoms. The van der Waals surface area contributed by atoms with Crippen molar-refractivity contribution in [3.05, 3.63) is 112 Å². The Morgan fingerprint density at radius 1 is 0.830 bits per heavy atom. The highest BCUT2D eigenvalue weighted by molar-refractivity contribution is 7.91. The number of allylic oxidation sites excluding steroid dienone is 1. The number of nitrogens with zero attached hydrogens (tertiary/aromatic N) is 3. The smallest absolute Gasteiger partial charge is 0.296 e. The SMILES string of the molecule is Cc1cc(S(=O)(=O)O)ccc1N=Nc1ccc(N/N=C2/C(=O)c3ccc(NC(=O)c4cccc(N)c4)cc3C=C2S(=O)(=O)O)c(C)c1. The Bertz CT molecular complexity index is 2280. The number of nitrogens with two attached hydrogens (primary N) is 1. The Morgan fingerprint density at radius 3 is 2.26 bits per heavy atom. The average Bonchev–Trinajstić information content (AvgIpc) is 2.99. The number of carbonyl (C=O) groups is 2. The van der Waals surface area contributed by atoms with E-state index in [0.717, 1.165) is 6.08 Å². The number of nitrogen functional groups attached to an aromatic ring is 1. The molecule has 1 amide bonds. The van der Waals surface area contributed by atoms with Gasteiger partial charge in [0.15, 0.2) is 5.71 Å². The van der Waals surface area contributed by atoms with Crippen LogP contribution in [0.25, 0.3) is 6.08 Å². The van der Waals surface area contributed by atoms with Gasteiger partial charge in [-0.15, -0.1) is 0 Å². The Balaban J connectivity index is 1.37. The van der Waals surface area contributed by atoms with Gasteiger partial charge in [0.05, 0.1) is 22.0 Å². The Hall–Kier alpha value is -5.55. The lowest BCUT2D eigenvalue weighted by Crippen LogP contribution is -2.27. The number of hydrogen-bond donors (Lipinski definition) is 5. The van der Waals surface area contributed by atoms with E-state index in [1.54, 1.807) is 50.2 Å². The highest BCUT2D eigenvalue weighted by Gasteiger charge is 2.33. The molecule has 0 saturated heterocycles. The third kappa shape index (κ3) is 7.47. The summed E-state index contributed by atoms with van der Waals surface area (Å²) in [5.41, 5.74) is 11.3. The molecule has 16 heteroatoms. The lowest BCUT2D eigenvalue weighted by molar-refractivity contribution is 0.102. The minimum absolute atomic E-state index is 0.0901. The van der Waals surface area contributed by atoms with E-state index >= 15 is 0 Å². The molecule has 0 spiro atoms. The van der Waals surface area contributed by atoms with Crippen LogP contribution in [0.4, 0.5) is 28.4 Å². The fourth-order valence-corrected chi connectivity index (χ4v) is 5.79. The third-order valence-electron chi connectivity index (χ3n) is 6.95. The summed E-state index contributed by atoms with van der Waals surface area (Å²) in [5, 5.41) is 15.0. The fourth-order valence-electron chi connectivity index (χ4n) is 4.57. The number of aryl methyl sites for hydroxylation is 2. The van der Waals surface area contributed by atoms with Gasteiger partial charge >= 0.3 is 0 Å². The van der Waals surface area contributed by atoms with Crippen molar-refractivity contribution in [3.63, 3.8) is 0 Å². The first kappa shape index (κ1) is 32.8. The molecule has 14 nitrogen and oxygen atoms in total. The molecule has 0 saturated carbocycles. The van der Waals surface area contributed by atoms with E-state index in [-0.39, 0.29) is 21.7 Å². The number of rotatable bonds is 8. The topological polar surface area (TPSA) is 230 Å². The molecule has 0 radical (unpaired) electrons. The summed E-state index contributed by atoms with van der Waals surface area (Å²) in [6.07, 6.45) is 1.09. The molecule has 4 aromatic carbocycles. The largest absolute Gasteiger partial charge is 0.399 e. The van der Waals surface area contributed by atoms with Crippen molar-refractivity contribution in [1.82, 2.24) is 0 Å². The van der Waals surface area contributed by atoms with Crippen molar-refractivity contribution in [2.45, 2.75) is 18.7 Å². The first-order valence-electron chi connectivity index (χ1n) is 13.6. The van der Waals surface area contributed by atoms with Gasteiger partial charge in [-0.25, -0.2) is 0 Å². The number of benzene rings is 4. The summed E-state index contributed by atoms with van der Waals surface area (Å²) in [5.74, 6) is -1.26. The molecule has 4 aromatic rings. The van der Waals surface area contributed by atoms with E-state index in [2.05, 4.69) is 26.1 Å². The molecule has 0 unspecified atom stereocenters. The molecule has 0 aliphatic heterocycles. The molecule has 0 atom stereocenters. The molecular weight excluding hydrogens is 649 g/mol. The second-order valence-corrected chi connectivity index (χ2v) is 13.2. The van der Waals surface area contributed by atoms with E-state index in [9.17, 15) is 35.5 Å². The highest BCUT2D eigenvalue weighted by Crippen LogP contribution is 2.30. The molecule has 0 fully saturated rings. The summed E-state index contributed by atoms with van der Waals surface area (Å²) >= 11 is 0. The molecule has 240 valence electrons. The van der Waals surface area contributed by atoms with E-state index in [1.807, 2.05) is 0 Å². The maximum Gasteiger partial charge on any atom is 0.296 e. The van der Waals surface area contributed by atoms with Crippen molar-refractivity contribution in [2.75, 3.05) is 16.5 Å². The first-order chi connectivity index (χ1) is 22.1. The van der Waals surface area contributed by atoms with Gasteiger partial charge in [-0.05, 0) is 109 Å². The Morgan fingerprint density at radius 2 is 1.60 bits per heavy atom. The number of hydrazone groups is 1. The van der Waals surface area contributed by atoms with Gasteiger partial charge in [0.2, 0.25) is 5.78 Å². The van der Waals surface area contributed by atoms with Gasteiger partial charge < -0.3 is 11.1 Å². The number of ketones is 1. The highest BCUT2D eigenvalue weighted by atomic mass is 32.2. The van der Waals surface area contributed by atoms with Crippen LogP contribution in [-0.2, 0) is 20.2 Å². The fraction of sp³-hybridized carbons (Fsp3) is 0.0645. The van der Waals surface area contributed by atoms with E-state index in [1.165, 1.54) is 42.5 Å². The molecule has 6 N–H and O–H groups in total. The number of Topliss-reactive ketones (excluding diaryl/α,β-unsaturated/α-hetero) is 1. The maximum absolute atomic E-state index is 13.4. The molecule has 1 aliphatic rings. The van der Waals surface area contributed by atoms with Crippen LogP contribution in [0.3, 0.4) is 0 Å². The lowest BCUT2D eigenvalue weighted by Gasteiger charge is -2.17. The molecule has 0 aromatic heterocycles. The number of nitrogens with one attached hydrogen (secondary N) is 2. The van der Waals surface area contributed by atoms with Crippen molar-refractivity contribution < 1.29 is 35.5 Å². The monoisotopic (exact) mass is 674 g/mol. The van der Waals surface area contributed by atoms with Gasteiger partial charge in [0, 0.05) is 22.5 Å². The minimum atomic E-state index is -4.91. The summed E-state index contributed by atoms with van der Waals surface area (Å²) < 4.78 is 66.5. The predicted molar refractivity (Wildman–Crippen MR) is 177 cm³/mol. The zero-order valence-corrected chi connectivity index (χ0v) is 26.3. The quantitative estimate of drug-likeness (QED) is 0.0663. The van der Waals surface area contributed by atoms with Crippen LogP contribution in [0.5, 0.6) is 0 Å².